The summed E-state index contributed by atoms with van der Waals surface area (Å²) < 4.78 is 0. The van der Waals surface area contributed by atoms with Crippen molar-refractivity contribution in [3.05, 3.63) is 71.4 Å². The summed E-state index contributed by atoms with van der Waals surface area (Å²) in [7, 11) is 0. The van der Waals surface area contributed by atoms with E-state index in [1.165, 1.54) is 0 Å². The number of hydrogen-bond acceptors (Lipinski definition) is 12. The number of amides is 3. The number of carbonyl (C=O) groups excluding carboxylic acids is 3. The van der Waals surface area contributed by atoms with Crippen LogP contribution >= 0.6 is 11.3 Å². The Balaban J connectivity index is 0.786. The number of anilines is 2. The lowest BCUT2D eigenvalue weighted by atomic mass is 9.84. The lowest BCUT2D eigenvalue weighted by Crippen LogP contribution is -2.61. The van der Waals surface area contributed by atoms with E-state index < -0.39 is 17.5 Å². The van der Waals surface area contributed by atoms with Gasteiger partial charge in [0.15, 0.2) is 5.82 Å². The standard InChI is InChI=1S/C45H58N10O4S/c1-28(30-13-15-31(16-14-30)39-29(2)47-27-60-39)48-43(58)36-11-8-19-55(36)44(59)40(45(3,4)5)49-42(57)32-24-53(25-32)18-9-17-52-20-21-54-33(26-52)23-46-41-37(54)22-35(50-51-41)34-10-6-7-12-38(34)56/h6-7,10,12-16,22,27-28,32-33,36,40,56H,8-9,11,17-21,23-26H2,1-5H3,(H,46,51)(H,48,58)(H,49,57). The monoisotopic (exact) mass is 834 g/mol. The molecule has 2 aromatic carbocycles. The third-order valence-corrected chi connectivity index (χ3v) is 13.6. The molecule has 318 valence electrons. The van der Waals surface area contributed by atoms with Crippen LogP contribution in [0.2, 0.25) is 0 Å². The molecule has 4 aliphatic heterocycles. The Labute approximate surface area is 356 Å². The lowest BCUT2D eigenvalue weighted by Gasteiger charge is -2.46. The number of thiazole rings is 1. The molecule has 4 unspecified atom stereocenters. The Kier molecular flexibility index (Phi) is 12.1. The number of piperazine rings is 1. The topological polar surface area (TPSA) is 159 Å². The van der Waals surface area contributed by atoms with Gasteiger partial charge in [-0.15, -0.1) is 21.5 Å². The summed E-state index contributed by atoms with van der Waals surface area (Å²) in [4.78, 5) is 55.9. The molecule has 8 rings (SSSR count). The molecule has 4 aromatic rings. The molecule has 15 heteroatoms. The number of aromatic hydroxyl groups is 1. The Hall–Kier alpha value is -5.12. The smallest absolute Gasteiger partial charge is 0.246 e. The van der Waals surface area contributed by atoms with Crippen LogP contribution in [0.4, 0.5) is 11.5 Å². The molecule has 0 spiro atoms. The highest BCUT2D eigenvalue weighted by Crippen LogP contribution is 2.36. The molecule has 3 saturated heterocycles. The van der Waals surface area contributed by atoms with Crippen LogP contribution in [0.3, 0.4) is 0 Å². The van der Waals surface area contributed by atoms with E-state index in [1.54, 1.807) is 28.4 Å². The van der Waals surface area contributed by atoms with Crippen molar-refractivity contribution in [3.8, 4) is 27.4 Å². The van der Waals surface area contributed by atoms with Gasteiger partial charge in [-0.3, -0.25) is 19.3 Å². The number of benzene rings is 2. The van der Waals surface area contributed by atoms with E-state index in [0.717, 1.165) is 85.3 Å². The number of nitrogens with zero attached hydrogens (tertiary/aromatic N) is 7. The van der Waals surface area contributed by atoms with Crippen LogP contribution in [0.15, 0.2) is 60.1 Å². The first-order valence-electron chi connectivity index (χ1n) is 21.4. The van der Waals surface area contributed by atoms with Crippen molar-refractivity contribution in [1.29, 1.82) is 0 Å². The number of phenolic OH excluding ortho intramolecular Hbond substituents is 1. The normalized spacial score (nSPS) is 20.7. The summed E-state index contributed by atoms with van der Waals surface area (Å²) in [5.41, 5.74) is 6.76. The minimum absolute atomic E-state index is 0.0955. The quantitative estimate of drug-likeness (QED) is 0.154. The summed E-state index contributed by atoms with van der Waals surface area (Å²) in [6, 6.07) is 16.2. The molecule has 0 aliphatic carbocycles. The van der Waals surface area contributed by atoms with Crippen LogP contribution in [0.25, 0.3) is 21.7 Å². The number of aromatic nitrogens is 3. The van der Waals surface area contributed by atoms with Gasteiger partial charge in [0.2, 0.25) is 17.7 Å². The van der Waals surface area contributed by atoms with Crippen LogP contribution in [0.1, 0.15) is 64.3 Å². The first-order valence-corrected chi connectivity index (χ1v) is 22.2. The van der Waals surface area contributed by atoms with Gasteiger partial charge in [-0.25, -0.2) is 4.98 Å². The SMILES string of the molecule is Cc1ncsc1-c1ccc(C(C)NC(=O)C2CCCN2C(=O)C(NC(=O)C2CN(CCCN3CCN4c5cc(-c6ccccc6O)nnc5NCC4C3)C2)C(C)(C)C)cc1. The Morgan fingerprint density at radius 3 is 2.45 bits per heavy atom. The molecule has 3 amide bonds. The van der Waals surface area contributed by atoms with E-state index in [9.17, 15) is 19.5 Å². The maximum absolute atomic E-state index is 14.2. The predicted molar refractivity (Wildman–Crippen MR) is 235 cm³/mol. The van der Waals surface area contributed by atoms with E-state index in [0.29, 0.717) is 43.4 Å². The highest BCUT2D eigenvalue weighted by molar-refractivity contribution is 7.13. The van der Waals surface area contributed by atoms with Gasteiger partial charge < -0.3 is 35.8 Å². The van der Waals surface area contributed by atoms with Gasteiger partial charge in [-0.1, -0.05) is 57.2 Å². The van der Waals surface area contributed by atoms with Crippen molar-refractivity contribution in [2.75, 3.05) is 69.1 Å². The Morgan fingerprint density at radius 1 is 0.950 bits per heavy atom. The van der Waals surface area contributed by atoms with Crippen LogP contribution in [0.5, 0.6) is 5.75 Å². The molecular formula is C45H58N10O4S. The molecule has 3 fully saturated rings. The second-order valence-electron chi connectivity index (χ2n) is 17.9. The number of rotatable bonds is 12. The molecule has 0 bridgehead atoms. The number of phenols is 1. The average Bonchev–Trinajstić information content (AvgIpc) is 3.89. The van der Waals surface area contributed by atoms with Crippen molar-refractivity contribution in [2.24, 2.45) is 11.3 Å². The van der Waals surface area contributed by atoms with Crippen LogP contribution in [-0.2, 0) is 14.4 Å². The highest BCUT2D eigenvalue weighted by atomic mass is 32.1. The van der Waals surface area contributed by atoms with Crippen molar-refractivity contribution in [2.45, 2.75) is 78.0 Å². The first kappa shape index (κ1) is 41.6. The number of carbonyl (C=O) groups is 3. The van der Waals surface area contributed by atoms with Crippen LogP contribution in [-0.4, -0.2) is 130 Å². The predicted octanol–water partition coefficient (Wildman–Crippen LogP) is 4.92. The second-order valence-corrected chi connectivity index (χ2v) is 18.8. The van der Waals surface area contributed by atoms with Crippen LogP contribution < -0.4 is 20.9 Å². The fourth-order valence-electron chi connectivity index (χ4n) is 9.09. The van der Waals surface area contributed by atoms with Crippen molar-refractivity contribution in [3.63, 3.8) is 0 Å². The summed E-state index contributed by atoms with van der Waals surface area (Å²) in [6.07, 6.45) is 2.34. The molecule has 0 radical (unpaired) electrons. The molecule has 4 N–H and O–H groups in total. The molecule has 14 nitrogen and oxygen atoms in total. The number of aryl methyl sites for hydroxylation is 1. The maximum atomic E-state index is 14.2. The Bertz CT molecular complexity index is 2180. The minimum atomic E-state index is -0.739. The molecule has 4 aliphatic rings. The molecule has 4 atom stereocenters. The van der Waals surface area contributed by atoms with Crippen molar-refractivity contribution < 1.29 is 19.5 Å². The number of likely N-dealkylation sites (tertiary alicyclic amines) is 2. The van der Waals surface area contributed by atoms with Gasteiger partial charge in [0, 0.05) is 51.4 Å². The summed E-state index contributed by atoms with van der Waals surface area (Å²) in [6.45, 7) is 17.2. The highest BCUT2D eigenvalue weighted by Gasteiger charge is 2.44. The zero-order valence-electron chi connectivity index (χ0n) is 35.4. The number of nitrogens with one attached hydrogen (secondary N) is 3. The van der Waals surface area contributed by atoms with Gasteiger partial charge >= 0.3 is 0 Å². The maximum Gasteiger partial charge on any atom is 0.246 e. The van der Waals surface area contributed by atoms with Gasteiger partial charge in [-0.05, 0) is 80.9 Å². The molecule has 6 heterocycles. The third-order valence-electron chi connectivity index (χ3n) is 12.6. The molecule has 2 aromatic heterocycles. The van der Waals surface area contributed by atoms with Gasteiger partial charge in [0.1, 0.15) is 17.8 Å². The fourth-order valence-corrected chi connectivity index (χ4v) is 9.90. The fraction of sp³-hybridized carbons (Fsp3) is 0.511. The second kappa shape index (κ2) is 17.5. The molecular weight excluding hydrogens is 777 g/mol. The number of para-hydroxylation sites is 1. The van der Waals surface area contributed by atoms with E-state index in [-0.39, 0.29) is 35.4 Å². The van der Waals surface area contributed by atoms with E-state index in [1.807, 2.05) is 70.5 Å². The lowest BCUT2D eigenvalue weighted by molar-refractivity contribution is -0.145. The summed E-state index contributed by atoms with van der Waals surface area (Å²) >= 11 is 1.61. The molecule has 0 saturated carbocycles. The van der Waals surface area contributed by atoms with Crippen molar-refractivity contribution in [1.82, 2.24) is 40.5 Å². The van der Waals surface area contributed by atoms with E-state index in [4.69, 9.17) is 0 Å². The van der Waals surface area contributed by atoms with E-state index >= 15 is 0 Å². The summed E-state index contributed by atoms with van der Waals surface area (Å²) in [5, 5.41) is 28.9. The number of fused-ring (bicyclic) bond motifs is 3. The largest absolute Gasteiger partial charge is 0.507 e. The Morgan fingerprint density at radius 2 is 1.72 bits per heavy atom. The van der Waals surface area contributed by atoms with Gasteiger partial charge in [0.05, 0.1) is 45.5 Å². The van der Waals surface area contributed by atoms with Crippen molar-refractivity contribution >= 4 is 40.6 Å². The van der Waals surface area contributed by atoms with Crippen LogP contribution in [0, 0.1) is 18.3 Å². The number of hydrogen-bond donors (Lipinski definition) is 4. The minimum Gasteiger partial charge on any atom is -0.507 e. The zero-order valence-corrected chi connectivity index (χ0v) is 36.2. The zero-order chi connectivity index (χ0) is 42.1. The molecule has 60 heavy (non-hydrogen) atoms. The third kappa shape index (κ3) is 8.84. The van der Waals surface area contributed by atoms with Gasteiger partial charge in [-0.2, -0.15) is 0 Å². The first-order chi connectivity index (χ1) is 28.8. The van der Waals surface area contributed by atoms with E-state index in [2.05, 4.69) is 58.0 Å². The van der Waals surface area contributed by atoms with Gasteiger partial charge in [0.25, 0.3) is 0 Å². The summed E-state index contributed by atoms with van der Waals surface area (Å²) in [5.74, 6) is 0.347. The average molecular weight is 835 g/mol.